The number of methoxy groups -OCH3 is 1. The van der Waals surface area contributed by atoms with E-state index in [9.17, 15) is 4.79 Å². The molecule has 3 aromatic rings. The van der Waals surface area contributed by atoms with E-state index in [-0.39, 0.29) is 11.6 Å². The van der Waals surface area contributed by atoms with Gasteiger partial charge in [-0.1, -0.05) is 6.07 Å². The second-order valence-electron chi connectivity index (χ2n) is 6.22. The zero-order valence-corrected chi connectivity index (χ0v) is 15.9. The van der Waals surface area contributed by atoms with Gasteiger partial charge < -0.3 is 15.8 Å². The van der Waals surface area contributed by atoms with Crippen LogP contribution < -0.4 is 26.6 Å². The Morgan fingerprint density at radius 2 is 1.71 bits per heavy atom. The van der Waals surface area contributed by atoms with Crippen LogP contribution in [-0.2, 0) is 0 Å². The number of ether oxygens (including phenoxy) is 1. The third-order valence-corrected chi connectivity index (χ3v) is 4.30. The number of rotatable bonds is 6. The molecule has 0 radical (unpaired) electrons. The number of amides is 1. The Hall–Kier alpha value is -3.81. The number of nitrogen functional groups attached to an aromatic ring is 1. The standard InChI is InChI=1S/C20H22N6O2/c1-12-4-7-15(10-13(12)2)24-18-17(21)19(23-11-22-18)25-26-20(27)14-5-8-16(28-3)9-6-14/h4-11H,21H2,1-3H3,(H,26,27)(H2,22,23,24,25). The molecule has 0 unspecified atom stereocenters. The van der Waals surface area contributed by atoms with Gasteiger partial charge in [-0.2, -0.15) is 0 Å². The summed E-state index contributed by atoms with van der Waals surface area (Å²) in [6, 6.07) is 12.7. The molecule has 144 valence electrons. The van der Waals surface area contributed by atoms with Gasteiger partial charge >= 0.3 is 0 Å². The Bertz CT molecular complexity index is 988. The number of hydrogen-bond donors (Lipinski definition) is 4. The summed E-state index contributed by atoms with van der Waals surface area (Å²) in [4.78, 5) is 20.5. The van der Waals surface area contributed by atoms with E-state index in [0.29, 0.717) is 22.9 Å². The van der Waals surface area contributed by atoms with Gasteiger partial charge in [0.25, 0.3) is 5.91 Å². The van der Waals surface area contributed by atoms with E-state index < -0.39 is 0 Å². The summed E-state index contributed by atoms with van der Waals surface area (Å²) in [5, 5.41) is 3.17. The Kier molecular flexibility index (Phi) is 5.59. The number of nitrogens with one attached hydrogen (secondary N) is 3. The molecule has 1 aromatic heterocycles. The molecule has 0 saturated carbocycles. The van der Waals surface area contributed by atoms with E-state index in [1.807, 2.05) is 32.0 Å². The van der Waals surface area contributed by atoms with Gasteiger partial charge in [-0.3, -0.25) is 15.6 Å². The normalized spacial score (nSPS) is 10.2. The summed E-state index contributed by atoms with van der Waals surface area (Å²) in [5.41, 5.74) is 15.4. The summed E-state index contributed by atoms with van der Waals surface area (Å²) < 4.78 is 5.08. The van der Waals surface area contributed by atoms with Gasteiger partial charge in [-0.15, -0.1) is 0 Å². The first-order valence-electron chi connectivity index (χ1n) is 8.63. The molecule has 0 aliphatic carbocycles. The molecular weight excluding hydrogens is 356 g/mol. The molecule has 0 bridgehead atoms. The highest BCUT2D eigenvalue weighted by atomic mass is 16.5. The number of aryl methyl sites for hydroxylation is 2. The second-order valence-corrected chi connectivity index (χ2v) is 6.22. The van der Waals surface area contributed by atoms with Crippen molar-refractivity contribution in [2.75, 3.05) is 23.6 Å². The Morgan fingerprint density at radius 1 is 1.00 bits per heavy atom. The highest BCUT2D eigenvalue weighted by Gasteiger charge is 2.11. The van der Waals surface area contributed by atoms with Crippen LogP contribution in [0.2, 0.25) is 0 Å². The SMILES string of the molecule is COc1ccc(C(=O)NNc2ncnc(Nc3ccc(C)c(C)c3)c2N)cc1. The number of carbonyl (C=O) groups excluding carboxylic acids is 1. The zero-order valence-electron chi connectivity index (χ0n) is 15.9. The van der Waals surface area contributed by atoms with Crippen LogP contribution in [0, 0.1) is 13.8 Å². The number of aromatic nitrogens is 2. The van der Waals surface area contributed by atoms with Crippen LogP contribution in [0.5, 0.6) is 5.75 Å². The number of benzene rings is 2. The predicted octanol–water partition coefficient (Wildman–Crippen LogP) is 3.18. The number of hydrogen-bond acceptors (Lipinski definition) is 7. The smallest absolute Gasteiger partial charge is 0.269 e. The number of hydrazine groups is 1. The average Bonchev–Trinajstić information content (AvgIpc) is 2.71. The van der Waals surface area contributed by atoms with Crippen LogP contribution in [0.25, 0.3) is 0 Å². The minimum atomic E-state index is -0.329. The summed E-state index contributed by atoms with van der Waals surface area (Å²) in [7, 11) is 1.57. The minimum Gasteiger partial charge on any atom is -0.497 e. The third-order valence-electron chi connectivity index (χ3n) is 4.30. The van der Waals surface area contributed by atoms with Crippen molar-refractivity contribution in [3.05, 3.63) is 65.5 Å². The topological polar surface area (TPSA) is 114 Å². The molecule has 0 atom stereocenters. The number of carbonyl (C=O) groups is 1. The van der Waals surface area contributed by atoms with Gasteiger partial charge in [0.05, 0.1) is 7.11 Å². The maximum atomic E-state index is 12.3. The maximum Gasteiger partial charge on any atom is 0.269 e. The van der Waals surface area contributed by atoms with E-state index >= 15 is 0 Å². The average molecular weight is 378 g/mol. The minimum absolute atomic E-state index is 0.288. The van der Waals surface area contributed by atoms with Crippen LogP contribution in [0.15, 0.2) is 48.8 Å². The highest BCUT2D eigenvalue weighted by Crippen LogP contribution is 2.26. The van der Waals surface area contributed by atoms with Crippen LogP contribution >= 0.6 is 0 Å². The molecule has 1 heterocycles. The lowest BCUT2D eigenvalue weighted by Gasteiger charge is -2.14. The fourth-order valence-electron chi connectivity index (χ4n) is 2.48. The molecule has 3 rings (SSSR count). The Morgan fingerprint density at radius 3 is 2.39 bits per heavy atom. The second kappa shape index (κ2) is 8.26. The number of nitrogens with zero attached hydrogens (tertiary/aromatic N) is 2. The summed E-state index contributed by atoms with van der Waals surface area (Å²) in [6.07, 6.45) is 1.36. The van der Waals surface area contributed by atoms with E-state index in [1.165, 1.54) is 11.9 Å². The van der Waals surface area contributed by atoms with Crippen molar-refractivity contribution in [3.63, 3.8) is 0 Å². The number of nitrogens with two attached hydrogens (primary N) is 1. The molecule has 5 N–H and O–H groups in total. The van der Waals surface area contributed by atoms with Crippen molar-refractivity contribution in [2.45, 2.75) is 13.8 Å². The number of anilines is 4. The first-order valence-corrected chi connectivity index (χ1v) is 8.63. The van der Waals surface area contributed by atoms with Crippen LogP contribution in [-0.4, -0.2) is 23.0 Å². The third kappa shape index (κ3) is 4.29. The molecule has 0 saturated heterocycles. The molecule has 0 aliphatic rings. The molecule has 1 amide bonds. The summed E-state index contributed by atoms with van der Waals surface area (Å²) in [6.45, 7) is 4.08. The lowest BCUT2D eigenvalue weighted by molar-refractivity contribution is 0.0962. The largest absolute Gasteiger partial charge is 0.497 e. The van der Waals surface area contributed by atoms with Crippen LogP contribution in [0.3, 0.4) is 0 Å². The maximum absolute atomic E-state index is 12.3. The quantitative estimate of drug-likeness (QED) is 0.487. The van der Waals surface area contributed by atoms with Gasteiger partial charge in [0.2, 0.25) is 0 Å². The Labute approximate surface area is 163 Å². The molecule has 8 heteroatoms. The van der Waals surface area contributed by atoms with Gasteiger partial charge in [0.15, 0.2) is 11.6 Å². The van der Waals surface area contributed by atoms with Crippen molar-refractivity contribution in [1.29, 1.82) is 0 Å². The fourth-order valence-corrected chi connectivity index (χ4v) is 2.48. The molecule has 8 nitrogen and oxygen atoms in total. The zero-order chi connectivity index (χ0) is 20.1. The highest BCUT2D eigenvalue weighted by molar-refractivity contribution is 5.95. The molecule has 0 aliphatic heterocycles. The fraction of sp³-hybridized carbons (Fsp3) is 0.150. The van der Waals surface area contributed by atoms with Gasteiger partial charge in [-0.05, 0) is 61.4 Å². The van der Waals surface area contributed by atoms with Gasteiger partial charge in [-0.25, -0.2) is 9.97 Å². The molecule has 28 heavy (non-hydrogen) atoms. The van der Waals surface area contributed by atoms with Crippen molar-refractivity contribution >= 4 is 28.9 Å². The van der Waals surface area contributed by atoms with E-state index in [1.54, 1.807) is 31.4 Å². The summed E-state index contributed by atoms with van der Waals surface area (Å²) >= 11 is 0. The van der Waals surface area contributed by atoms with Crippen molar-refractivity contribution in [3.8, 4) is 5.75 Å². The summed E-state index contributed by atoms with van der Waals surface area (Å²) in [5.74, 6) is 1.08. The van der Waals surface area contributed by atoms with Crippen molar-refractivity contribution in [1.82, 2.24) is 15.4 Å². The first-order chi connectivity index (χ1) is 13.5. The van der Waals surface area contributed by atoms with Crippen molar-refractivity contribution < 1.29 is 9.53 Å². The molecular formula is C20H22N6O2. The first kappa shape index (κ1) is 19.0. The van der Waals surface area contributed by atoms with Gasteiger partial charge in [0, 0.05) is 11.3 Å². The monoisotopic (exact) mass is 378 g/mol. The van der Waals surface area contributed by atoms with E-state index in [2.05, 4.69) is 26.1 Å². The van der Waals surface area contributed by atoms with Crippen LogP contribution in [0.1, 0.15) is 21.5 Å². The van der Waals surface area contributed by atoms with Crippen molar-refractivity contribution in [2.24, 2.45) is 0 Å². The van der Waals surface area contributed by atoms with E-state index in [4.69, 9.17) is 10.5 Å². The molecule has 0 fully saturated rings. The lowest BCUT2D eigenvalue weighted by Crippen LogP contribution is -2.30. The van der Waals surface area contributed by atoms with E-state index in [0.717, 1.165) is 11.3 Å². The van der Waals surface area contributed by atoms with Gasteiger partial charge in [0.1, 0.15) is 17.8 Å². The lowest BCUT2D eigenvalue weighted by atomic mass is 10.1. The predicted molar refractivity (Wildman–Crippen MR) is 110 cm³/mol. The molecule has 2 aromatic carbocycles. The Balaban J connectivity index is 1.69. The molecule has 0 spiro atoms. The van der Waals surface area contributed by atoms with Crippen LogP contribution in [0.4, 0.5) is 23.0 Å².